The molecular formula is C30H28N6O6S5. The van der Waals surface area contributed by atoms with E-state index in [2.05, 4.69) is 10.6 Å². The minimum Gasteiger partial charge on any atom is -0.392 e. The van der Waals surface area contributed by atoms with E-state index >= 15 is 0 Å². The van der Waals surface area contributed by atoms with Crippen LogP contribution in [0.4, 0.5) is 11.4 Å². The van der Waals surface area contributed by atoms with Crippen molar-refractivity contribution < 1.29 is 29.4 Å². The van der Waals surface area contributed by atoms with Crippen LogP contribution in [-0.4, -0.2) is 113 Å². The number of piperazine rings is 2. The van der Waals surface area contributed by atoms with Crippen LogP contribution in [0.2, 0.25) is 0 Å². The number of nitrogens with one attached hydrogen (secondary N) is 2. The number of hydrogen-bond acceptors (Lipinski definition) is 13. The molecule has 2 aromatic rings. The molecule has 17 heteroatoms. The number of likely N-dealkylation sites (N-methyl/N-ethyl adjacent to an activating group) is 2. The first-order valence-corrected chi connectivity index (χ1v) is 20.8. The van der Waals surface area contributed by atoms with Crippen LogP contribution in [0.1, 0.15) is 24.0 Å². The van der Waals surface area contributed by atoms with Gasteiger partial charge in [-0.2, -0.15) is 0 Å². The van der Waals surface area contributed by atoms with Gasteiger partial charge in [0, 0.05) is 38.3 Å². The Labute approximate surface area is 288 Å². The maximum atomic E-state index is 14.9. The summed E-state index contributed by atoms with van der Waals surface area (Å²) in [5.74, 6) is -1.21. The molecule has 4 N–H and O–H groups in total. The zero-order chi connectivity index (χ0) is 32.5. The van der Waals surface area contributed by atoms with E-state index in [0.717, 1.165) is 22.5 Å². The molecule has 0 radical (unpaired) electrons. The Bertz CT molecular complexity index is 1890. The molecule has 8 saturated heterocycles. The molecule has 0 aliphatic carbocycles. The first kappa shape index (κ1) is 29.5. The molecule has 4 amide bonds. The fraction of sp³-hybridized carbons (Fsp3) is 0.467. The van der Waals surface area contributed by atoms with E-state index in [0.29, 0.717) is 0 Å². The highest BCUT2D eigenvalue weighted by atomic mass is 33.5. The first-order valence-electron chi connectivity index (χ1n) is 15.1. The summed E-state index contributed by atoms with van der Waals surface area (Å²) in [6.07, 6.45) is -1.06. The SMILES string of the molecule is CN1C(=O)[C@@]23C[C@]4([C@]56C[C@@]78SS[C@@](CO)(C(=O)N7[C@H]5Nc5ccccc56)N(C)C8=O)c5ccccc5N[C@@H]4N2C(=O)[C@]1(CO)SSS3. The lowest BCUT2D eigenvalue weighted by molar-refractivity contribution is -0.166. The van der Waals surface area contributed by atoms with Crippen LogP contribution in [0, 0.1) is 0 Å². The number of benzene rings is 2. The van der Waals surface area contributed by atoms with Gasteiger partial charge in [0.2, 0.25) is 9.74 Å². The molecule has 0 unspecified atom stereocenters. The lowest BCUT2D eigenvalue weighted by atomic mass is 9.54. The summed E-state index contributed by atoms with van der Waals surface area (Å²) < 4.78 is 0. The Hall–Kier alpha value is -2.41. The molecule has 2 spiro atoms. The fourth-order valence-corrected chi connectivity index (χ4v) is 19.4. The second-order valence-electron chi connectivity index (χ2n) is 13.4. The summed E-state index contributed by atoms with van der Waals surface area (Å²) in [6.45, 7) is -1.09. The van der Waals surface area contributed by atoms with Crippen molar-refractivity contribution in [1.29, 1.82) is 0 Å². The van der Waals surface area contributed by atoms with E-state index in [1.54, 1.807) is 23.9 Å². The number of aliphatic hydroxyl groups excluding tert-OH is 2. The number of aliphatic hydroxyl groups is 2. The summed E-state index contributed by atoms with van der Waals surface area (Å²) >= 11 is 0. The number of nitrogens with zero attached hydrogens (tertiary/aromatic N) is 4. The van der Waals surface area contributed by atoms with Gasteiger partial charge in [-0.25, -0.2) is 0 Å². The number of hydrogen-bond donors (Lipinski definition) is 4. The van der Waals surface area contributed by atoms with Gasteiger partial charge in [-0.3, -0.25) is 29.0 Å². The van der Waals surface area contributed by atoms with Crippen LogP contribution in [0.5, 0.6) is 0 Å². The van der Waals surface area contributed by atoms with Crippen molar-refractivity contribution >= 4 is 88.0 Å². The topological polar surface area (TPSA) is 146 Å². The number of para-hydroxylation sites is 2. The number of carbonyl (C=O) groups excluding carboxylic acids is 4. The lowest BCUT2D eigenvalue weighted by Gasteiger charge is -2.57. The van der Waals surface area contributed by atoms with Gasteiger partial charge in [-0.1, -0.05) is 47.2 Å². The van der Waals surface area contributed by atoms with Crippen LogP contribution >= 0.6 is 53.0 Å². The van der Waals surface area contributed by atoms with E-state index in [4.69, 9.17) is 0 Å². The molecule has 10 aliphatic heterocycles. The van der Waals surface area contributed by atoms with Gasteiger partial charge in [-0.05, 0) is 65.5 Å². The van der Waals surface area contributed by atoms with E-state index in [1.165, 1.54) is 62.8 Å². The van der Waals surface area contributed by atoms with Crippen molar-refractivity contribution in [3.63, 3.8) is 0 Å². The Morgan fingerprint density at radius 3 is 1.60 bits per heavy atom. The zero-order valence-corrected chi connectivity index (χ0v) is 29.0. The third kappa shape index (κ3) is 2.75. The van der Waals surface area contributed by atoms with Crippen LogP contribution in [0.3, 0.4) is 0 Å². The molecule has 0 saturated carbocycles. The van der Waals surface area contributed by atoms with Crippen LogP contribution in [0.25, 0.3) is 0 Å². The normalized spacial score (nSPS) is 43.3. The van der Waals surface area contributed by atoms with E-state index in [-0.39, 0.29) is 36.5 Å². The second-order valence-corrected chi connectivity index (χ2v) is 20.6. The monoisotopic (exact) mass is 728 g/mol. The quantitative estimate of drug-likeness (QED) is 0.343. The van der Waals surface area contributed by atoms with Crippen molar-refractivity contribution in [1.82, 2.24) is 19.6 Å². The number of carbonyl (C=O) groups is 4. The van der Waals surface area contributed by atoms with Crippen LogP contribution in [0.15, 0.2) is 48.5 Å². The van der Waals surface area contributed by atoms with Gasteiger partial charge in [0.05, 0.1) is 24.0 Å². The van der Waals surface area contributed by atoms with Gasteiger partial charge in [-0.15, -0.1) is 0 Å². The summed E-state index contributed by atoms with van der Waals surface area (Å²) in [5, 5.41) is 28.8. The molecule has 8 atom stereocenters. The largest absolute Gasteiger partial charge is 0.392 e. The Kier molecular flexibility index (Phi) is 5.55. The van der Waals surface area contributed by atoms with Crippen molar-refractivity contribution in [3.05, 3.63) is 59.7 Å². The molecule has 244 valence electrons. The van der Waals surface area contributed by atoms with Gasteiger partial charge >= 0.3 is 0 Å². The van der Waals surface area contributed by atoms with E-state index < -0.39 is 55.9 Å². The minimum absolute atomic E-state index is 0.209. The predicted molar refractivity (Wildman–Crippen MR) is 183 cm³/mol. The second kappa shape index (κ2) is 8.84. The zero-order valence-electron chi connectivity index (χ0n) is 25.0. The Morgan fingerprint density at radius 1 is 0.660 bits per heavy atom. The predicted octanol–water partition coefficient (Wildman–Crippen LogP) is 1.98. The van der Waals surface area contributed by atoms with Crippen LogP contribution < -0.4 is 10.6 Å². The molecule has 47 heavy (non-hydrogen) atoms. The van der Waals surface area contributed by atoms with E-state index in [9.17, 15) is 29.4 Å². The standard InChI is InChI=1S/C30H28N6O6S5/c1-33-21(39)27-11-25(15-7-3-5-9-17(15)31-19(25)35(27)23(41)29(33,13-37)44-43-27)26-12-28-22(40)34(2)30(14-38,46-47-45-28)24(42)36(28)20(26)32-18-10-6-4-8-16(18)26/h3-10,19-20,31-32,37-38H,11-14H2,1-2H3/t19-,20-,25+,26+,27+,28+,29+,30+/m1/s1. The third-order valence-electron chi connectivity index (χ3n) is 12.0. The molecule has 2 aromatic carbocycles. The maximum absolute atomic E-state index is 14.9. The Morgan fingerprint density at radius 2 is 1.11 bits per heavy atom. The summed E-state index contributed by atoms with van der Waals surface area (Å²) in [5.41, 5.74) is 1.41. The summed E-state index contributed by atoms with van der Waals surface area (Å²) in [4.78, 5) is 59.5. The molecule has 10 heterocycles. The summed E-state index contributed by atoms with van der Waals surface area (Å²) in [7, 11) is 9.61. The number of anilines is 2. The van der Waals surface area contributed by atoms with Crippen molar-refractivity contribution in [2.75, 3.05) is 37.9 Å². The average Bonchev–Trinajstić information content (AvgIpc) is 3.72. The molecule has 0 aromatic heterocycles. The van der Waals surface area contributed by atoms with Crippen molar-refractivity contribution in [3.8, 4) is 0 Å². The average molecular weight is 729 g/mol. The van der Waals surface area contributed by atoms with E-state index in [1.807, 2.05) is 48.5 Å². The molecule has 12 nitrogen and oxygen atoms in total. The molecule has 4 bridgehead atoms. The minimum atomic E-state index is -1.51. The van der Waals surface area contributed by atoms with Crippen molar-refractivity contribution in [2.24, 2.45) is 0 Å². The molecular weight excluding hydrogens is 701 g/mol. The highest BCUT2D eigenvalue weighted by molar-refractivity contribution is 9.10. The molecule has 10 aliphatic rings. The van der Waals surface area contributed by atoms with Gasteiger partial charge in [0.15, 0.2) is 9.74 Å². The molecule has 12 rings (SSSR count). The molecule has 8 fully saturated rings. The van der Waals surface area contributed by atoms with Gasteiger partial charge < -0.3 is 30.6 Å². The number of rotatable bonds is 3. The highest BCUT2D eigenvalue weighted by Gasteiger charge is 2.87. The summed E-state index contributed by atoms with van der Waals surface area (Å²) in [6, 6.07) is 15.8. The van der Waals surface area contributed by atoms with Crippen LogP contribution in [-0.2, 0) is 30.0 Å². The van der Waals surface area contributed by atoms with Crippen molar-refractivity contribution in [2.45, 2.75) is 55.5 Å². The maximum Gasteiger partial charge on any atom is 0.265 e. The first-order chi connectivity index (χ1) is 22.6. The highest BCUT2D eigenvalue weighted by Crippen LogP contribution is 2.78. The fourth-order valence-electron chi connectivity index (χ4n) is 9.91. The third-order valence-corrected chi connectivity index (χ3v) is 20.7. The van der Waals surface area contributed by atoms with Gasteiger partial charge in [0.25, 0.3) is 23.6 Å². The number of amides is 4. The smallest absolute Gasteiger partial charge is 0.265 e. The Balaban J connectivity index is 1.30. The van der Waals surface area contributed by atoms with Gasteiger partial charge in [0.1, 0.15) is 12.3 Å². The lowest BCUT2D eigenvalue weighted by Crippen LogP contribution is -2.77. The number of fused-ring (bicyclic) bond motifs is 12.